The lowest BCUT2D eigenvalue weighted by atomic mass is 10.2. The highest BCUT2D eigenvalue weighted by atomic mass is 35.5. The third-order valence-electron chi connectivity index (χ3n) is 2.99. The first kappa shape index (κ1) is 15.6. The molecule has 0 unspecified atom stereocenters. The molecule has 1 aromatic carbocycles. The van der Waals surface area contributed by atoms with E-state index in [1.807, 2.05) is 6.07 Å². The van der Waals surface area contributed by atoms with Crippen molar-refractivity contribution in [2.45, 2.75) is 18.4 Å². The van der Waals surface area contributed by atoms with Gasteiger partial charge in [-0.2, -0.15) is 9.57 Å². The molecule has 0 atom stereocenters. The predicted molar refractivity (Wildman–Crippen MR) is 78.1 cm³/mol. The second kappa shape index (κ2) is 6.31. The molecule has 0 bridgehead atoms. The van der Waals surface area contributed by atoms with Crippen molar-refractivity contribution in [2.24, 2.45) is 0 Å². The van der Waals surface area contributed by atoms with Gasteiger partial charge in [0.05, 0.1) is 28.0 Å². The Labute approximate surface area is 128 Å². The normalized spacial score (nSPS) is 11.5. The quantitative estimate of drug-likeness (QED) is 0.847. The highest BCUT2D eigenvalue weighted by Crippen LogP contribution is 2.24. The molecule has 0 fully saturated rings. The number of nitrogens with zero attached hydrogens (tertiary/aromatic N) is 2. The number of benzene rings is 1. The minimum absolute atomic E-state index is 0.0665. The van der Waals surface area contributed by atoms with Crippen molar-refractivity contribution in [3.05, 3.63) is 52.9 Å². The van der Waals surface area contributed by atoms with Crippen LogP contribution < -0.4 is 0 Å². The molecule has 1 aromatic heterocycles. The van der Waals surface area contributed by atoms with Crippen LogP contribution in [-0.4, -0.2) is 19.3 Å². The second-order valence-corrected chi connectivity index (χ2v) is 6.66. The molecule has 5 nitrogen and oxygen atoms in total. The Bertz CT molecular complexity index is 764. The average Bonchev–Trinajstić information content (AvgIpc) is 2.97. The summed E-state index contributed by atoms with van der Waals surface area (Å²) in [5, 5.41) is 8.96. The van der Waals surface area contributed by atoms with Crippen LogP contribution in [0.25, 0.3) is 0 Å². The van der Waals surface area contributed by atoms with Gasteiger partial charge in [-0.25, -0.2) is 8.42 Å². The van der Waals surface area contributed by atoms with E-state index in [1.165, 1.54) is 35.0 Å². The summed E-state index contributed by atoms with van der Waals surface area (Å²) < 4.78 is 31.5. The van der Waals surface area contributed by atoms with E-state index in [0.29, 0.717) is 6.54 Å². The van der Waals surface area contributed by atoms with Crippen molar-refractivity contribution in [3.8, 4) is 6.07 Å². The first-order valence-electron chi connectivity index (χ1n) is 6.20. The summed E-state index contributed by atoms with van der Waals surface area (Å²) in [5.74, 6) is 0. The fourth-order valence-electron chi connectivity index (χ4n) is 1.85. The Morgan fingerprint density at radius 2 is 2.14 bits per heavy atom. The molecule has 0 aliphatic rings. The Hall–Kier alpha value is -1.81. The van der Waals surface area contributed by atoms with Crippen LogP contribution >= 0.6 is 11.6 Å². The molecule has 0 aliphatic carbocycles. The molecule has 2 rings (SSSR count). The molecule has 0 saturated heterocycles. The summed E-state index contributed by atoms with van der Waals surface area (Å²) in [6.07, 6.45) is 3.00. The molecule has 2 aromatic rings. The first-order chi connectivity index (χ1) is 9.98. The summed E-state index contributed by atoms with van der Waals surface area (Å²) in [4.78, 5) is 0.0665. The zero-order valence-electron chi connectivity index (χ0n) is 11.3. The summed E-state index contributed by atoms with van der Waals surface area (Å²) >= 11 is 5.91. The SMILES string of the molecule is CCN(Cc1ccoc1)S(=O)(=O)c1ccc(C#N)c(Cl)c1. The predicted octanol–water partition coefficient (Wildman–Crippen LogP) is 3.02. The third kappa shape index (κ3) is 3.27. The van der Waals surface area contributed by atoms with Gasteiger partial charge in [0.1, 0.15) is 6.07 Å². The van der Waals surface area contributed by atoms with Gasteiger partial charge in [-0.05, 0) is 24.3 Å². The number of halogens is 1. The Morgan fingerprint density at radius 3 is 2.67 bits per heavy atom. The lowest BCUT2D eigenvalue weighted by molar-refractivity contribution is 0.421. The Balaban J connectivity index is 2.35. The summed E-state index contributed by atoms with van der Waals surface area (Å²) in [6.45, 7) is 2.28. The van der Waals surface area contributed by atoms with Crippen molar-refractivity contribution in [1.29, 1.82) is 5.26 Å². The van der Waals surface area contributed by atoms with E-state index < -0.39 is 10.0 Å². The standard InChI is InChI=1S/C14H13ClN2O3S/c1-2-17(9-11-5-6-20-10-11)21(18,19)13-4-3-12(8-16)14(15)7-13/h3-7,10H,2,9H2,1H3. The van der Waals surface area contributed by atoms with Crippen LogP contribution in [0.1, 0.15) is 18.1 Å². The number of rotatable bonds is 5. The summed E-state index contributed by atoms with van der Waals surface area (Å²) in [5.41, 5.74) is 1.01. The summed E-state index contributed by atoms with van der Waals surface area (Å²) in [6, 6.07) is 7.70. The minimum Gasteiger partial charge on any atom is -0.472 e. The number of furan rings is 1. The van der Waals surface area contributed by atoms with Crippen molar-refractivity contribution in [3.63, 3.8) is 0 Å². The van der Waals surface area contributed by atoms with Gasteiger partial charge in [0, 0.05) is 18.7 Å². The van der Waals surface area contributed by atoms with E-state index in [9.17, 15) is 8.42 Å². The van der Waals surface area contributed by atoms with Crippen molar-refractivity contribution >= 4 is 21.6 Å². The van der Waals surface area contributed by atoms with E-state index in [-0.39, 0.29) is 22.0 Å². The molecular formula is C14H13ClN2O3S. The minimum atomic E-state index is -3.68. The molecule has 21 heavy (non-hydrogen) atoms. The lowest BCUT2D eigenvalue weighted by Gasteiger charge is -2.20. The van der Waals surface area contributed by atoms with Crippen LogP contribution in [0.15, 0.2) is 46.1 Å². The topological polar surface area (TPSA) is 74.3 Å². The number of hydrogen-bond donors (Lipinski definition) is 0. The molecule has 1 heterocycles. The van der Waals surface area contributed by atoms with Crippen LogP contribution in [0.2, 0.25) is 5.02 Å². The molecule has 7 heteroatoms. The van der Waals surface area contributed by atoms with Gasteiger partial charge in [0.25, 0.3) is 0 Å². The molecule has 0 amide bonds. The fourth-order valence-corrected chi connectivity index (χ4v) is 3.60. The molecule has 0 aliphatic heterocycles. The molecular weight excluding hydrogens is 312 g/mol. The van der Waals surface area contributed by atoms with Crippen molar-refractivity contribution < 1.29 is 12.8 Å². The maximum absolute atomic E-state index is 12.6. The number of sulfonamides is 1. The number of hydrogen-bond acceptors (Lipinski definition) is 4. The van der Waals surface area contributed by atoms with E-state index >= 15 is 0 Å². The fraction of sp³-hybridized carbons (Fsp3) is 0.214. The Morgan fingerprint density at radius 1 is 1.38 bits per heavy atom. The monoisotopic (exact) mass is 324 g/mol. The molecule has 0 N–H and O–H groups in total. The Kier molecular flexibility index (Phi) is 4.68. The van der Waals surface area contributed by atoms with E-state index in [2.05, 4.69) is 0 Å². The smallest absolute Gasteiger partial charge is 0.243 e. The lowest BCUT2D eigenvalue weighted by Crippen LogP contribution is -2.30. The number of nitriles is 1. The highest BCUT2D eigenvalue weighted by molar-refractivity contribution is 7.89. The van der Waals surface area contributed by atoms with Crippen molar-refractivity contribution in [1.82, 2.24) is 4.31 Å². The maximum atomic E-state index is 12.6. The van der Waals surface area contributed by atoms with Crippen LogP contribution in [0.3, 0.4) is 0 Å². The van der Waals surface area contributed by atoms with E-state index in [1.54, 1.807) is 13.0 Å². The van der Waals surface area contributed by atoms with Gasteiger partial charge in [0.2, 0.25) is 10.0 Å². The van der Waals surface area contributed by atoms with Gasteiger partial charge in [-0.15, -0.1) is 0 Å². The molecule has 110 valence electrons. The molecule has 0 saturated carbocycles. The van der Waals surface area contributed by atoms with Crippen LogP contribution in [0.4, 0.5) is 0 Å². The zero-order chi connectivity index (χ0) is 15.5. The zero-order valence-corrected chi connectivity index (χ0v) is 12.9. The average molecular weight is 325 g/mol. The molecule has 0 radical (unpaired) electrons. The maximum Gasteiger partial charge on any atom is 0.243 e. The van der Waals surface area contributed by atoms with Gasteiger partial charge < -0.3 is 4.42 Å². The van der Waals surface area contributed by atoms with Crippen LogP contribution in [0.5, 0.6) is 0 Å². The third-order valence-corrected chi connectivity index (χ3v) is 5.22. The highest BCUT2D eigenvalue weighted by Gasteiger charge is 2.24. The van der Waals surface area contributed by atoms with Crippen LogP contribution in [-0.2, 0) is 16.6 Å². The van der Waals surface area contributed by atoms with Crippen LogP contribution in [0, 0.1) is 11.3 Å². The van der Waals surface area contributed by atoms with Gasteiger partial charge in [-0.1, -0.05) is 18.5 Å². The van der Waals surface area contributed by atoms with E-state index in [0.717, 1.165) is 5.56 Å². The van der Waals surface area contributed by atoms with Crippen molar-refractivity contribution in [2.75, 3.05) is 6.54 Å². The second-order valence-electron chi connectivity index (χ2n) is 4.32. The van der Waals surface area contributed by atoms with Gasteiger partial charge in [-0.3, -0.25) is 0 Å². The van der Waals surface area contributed by atoms with E-state index in [4.69, 9.17) is 21.3 Å². The first-order valence-corrected chi connectivity index (χ1v) is 8.01. The largest absolute Gasteiger partial charge is 0.472 e. The summed E-state index contributed by atoms with van der Waals surface area (Å²) in [7, 11) is -3.68. The molecule has 0 spiro atoms. The van der Waals surface area contributed by atoms with Gasteiger partial charge >= 0.3 is 0 Å². The van der Waals surface area contributed by atoms with Gasteiger partial charge in [0.15, 0.2) is 0 Å².